The molecule has 120 valence electrons. The summed E-state index contributed by atoms with van der Waals surface area (Å²) in [6.07, 6.45) is -24.3. The second-order valence-electron chi connectivity index (χ2n) is 4.30. The predicted molar refractivity (Wildman–Crippen MR) is 87.2 cm³/mol. The molecule has 0 aromatic rings. The van der Waals surface area contributed by atoms with Crippen molar-refractivity contribution in [3.63, 3.8) is 0 Å². The van der Waals surface area contributed by atoms with Crippen LogP contribution in [-0.2, 0) is 4.79 Å². The van der Waals surface area contributed by atoms with Crippen LogP contribution in [0.25, 0.3) is 0 Å². The number of hydrogen-bond acceptors (Lipinski definition) is 1. The molecule has 0 amide bonds. The van der Waals surface area contributed by atoms with E-state index in [0.29, 0.717) is 32.1 Å². The third-order valence-corrected chi connectivity index (χ3v) is 2.59. The molecule has 0 aliphatic carbocycles. The molecule has 0 atom stereocenters. The number of aliphatic carboxylic acids is 1. The first-order valence-corrected chi connectivity index (χ1v) is 6.88. The van der Waals surface area contributed by atoms with Gasteiger partial charge in [0.2, 0.25) is 0 Å². The highest BCUT2D eigenvalue weighted by Crippen LogP contribution is 2.13. The molecule has 0 aliphatic heterocycles. The Kier molecular flexibility index (Phi) is 4.36. The Hall–Kier alpha value is -0.530. The lowest BCUT2D eigenvalue weighted by Gasteiger charge is -2.03. The number of rotatable bonds is 16. The molecule has 0 rings (SSSR count). The standard InChI is InChI=1S/C18H36O2/c1-2-3-4-5-6-7-8-9-10-11-12-13-14-15-16-17-18(19)20/h2-17H2,1H3,(H,19,20)/i1D3,2D2,3D2,4D2,5D2,6D2,7D2,8D2. The molecule has 0 heterocycles. The molecule has 0 aromatic heterocycles. The Balaban J connectivity index is 5.63. The topological polar surface area (TPSA) is 37.3 Å². The van der Waals surface area contributed by atoms with E-state index in [2.05, 4.69) is 0 Å². The van der Waals surface area contributed by atoms with Crippen LogP contribution in [0.5, 0.6) is 0 Å². The van der Waals surface area contributed by atoms with Crippen molar-refractivity contribution in [2.75, 3.05) is 0 Å². The highest BCUT2D eigenvalue weighted by molar-refractivity contribution is 5.66. The summed E-state index contributed by atoms with van der Waals surface area (Å²) in [5.74, 6) is -0.888. The van der Waals surface area contributed by atoms with Crippen LogP contribution in [0.3, 0.4) is 0 Å². The monoisotopic (exact) mass is 301 g/mol. The summed E-state index contributed by atoms with van der Waals surface area (Å²) >= 11 is 0. The smallest absolute Gasteiger partial charge is 0.303 e. The van der Waals surface area contributed by atoms with Gasteiger partial charge in [0.05, 0.1) is 0 Å². The maximum absolute atomic E-state index is 10.5. The van der Waals surface area contributed by atoms with Gasteiger partial charge in [-0.1, -0.05) is 96.4 Å². The van der Waals surface area contributed by atoms with Crippen molar-refractivity contribution in [2.24, 2.45) is 0 Å². The summed E-state index contributed by atoms with van der Waals surface area (Å²) in [7, 11) is 0. The molecule has 20 heavy (non-hydrogen) atoms. The van der Waals surface area contributed by atoms with Gasteiger partial charge in [-0.25, -0.2) is 0 Å². The maximum atomic E-state index is 10.5. The predicted octanol–water partition coefficient (Wildman–Crippen LogP) is 6.33. The molecule has 2 nitrogen and oxygen atoms in total. The number of carboxylic acids is 1. The third kappa shape index (κ3) is 17.5. The van der Waals surface area contributed by atoms with Gasteiger partial charge in [-0.05, 0) is 6.42 Å². The van der Waals surface area contributed by atoms with Crippen molar-refractivity contribution in [1.29, 1.82) is 0 Å². The SMILES string of the molecule is [2H]C([2H])([2H])C([2H])([2H])C([2H])([2H])C([2H])([2H])C([2H])([2H])C([2H])([2H])C([2H])([2H])C([2H])([2H])CCCCCCCCCC(=O)O. The van der Waals surface area contributed by atoms with Crippen molar-refractivity contribution in [2.45, 2.75) is 109 Å². The molecule has 0 radical (unpaired) electrons. The van der Waals surface area contributed by atoms with E-state index in [1.165, 1.54) is 0 Å². The first-order valence-electron chi connectivity index (χ1n) is 15.4. The Labute approximate surface area is 150 Å². The van der Waals surface area contributed by atoms with Crippen molar-refractivity contribution in [3.05, 3.63) is 0 Å². The number of carbonyl (C=O) groups is 1. The van der Waals surface area contributed by atoms with Crippen LogP contribution in [0.1, 0.15) is 133 Å². The van der Waals surface area contributed by atoms with Crippen LogP contribution >= 0.6 is 0 Å². The fourth-order valence-corrected chi connectivity index (χ4v) is 1.61. The lowest BCUT2D eigenvalue weighted by atomic mass is 10.0. The highest BCUT2D eigenvalue weighted by Gasteiger charge is 1.97. The van der Waals surface area contributed by atoms with Gasteiger partial charge in [-0.15, -0.1) is 0 Å². The summed E-state index contributed by atoms with van der Waals surface area (Å²) in [4.78, 5) is 10.5. The summed E-state index contributed by atoms with van der Waals surface area (Å²) in [6.45, 7) is -3.78. The van der Waals surface area contributed by atoms with Crippen LogP contribution < -0.4 is 0 Å². The maximum Gasteiger partial charge on any atom is 0.303 e. The van der Waals surface area contributed by atoms with E-state index >= 15 is 0 Å². The summed E-state index contributed by atoms with van der Waals surface area (Å²) in [5, 5.41) is 8.59. The van der Waals surface area contributed by atoms with Gasteiger partial charge >= 0.3 is 5.97 Å². The minimum Gasteiger partial charge on any atom is -0.481 e. The number of unbranched alkanes of at least 4 members (excludes halogenated alkanes) is 6. The Morgan fingerprint density at radius 1 is 0.800 bits per heavy atom. The van der Waals surface area contributed by atoms with E-state index in [1.54, 1.807) is 0 Å². The largest absolute Gasteiger partial charge is 0.481 e. The van der Waals surface area contributed by atoms with Gasteiger partial charge in [-0.3, -0.25) is 4.79 Å². The van der Waals surface area contributed by atoms with E-state index < -0.39 is 63.9 Å². The van der Waals surface area contributed by atoms with Gasteiger partial charge in [0.15, 0.2) is 0 Å². The lowest BCUT2D eigenvalue weighted by molar-refractivity contribution is -0.137. The van der Waals surface area contributed by atoms with Gasteiger partial charge in [-0.2, -0.15) is 0 Å². The van der Waals surface area contributed by atoms with Gasteiger partial charge < -0.3 is 5.11 Å². The zero-order valence-electron chi connectivity index (χ0n) is 28.7. The second-order valence-corrected chi connectivity index (χ2v) is 4.30. The third-order valence-electron chi connectivity index (χ3n) is 2.59. The number of hydrogen-bond donors (Lipinski definition) is 1. The highest BCUT2D eigenvalue weighted by atomic mass is 16.4. The van der Waals surface area contributed by atoms with Gasteiger partial charge in [0, 0.05) is 29.7 Å². The quantitative estimate of drug-likeness (QED) is 0.338. The van der Waals surface area contributed by atoms with Gasteiger partial charge in [0.25, 0.3) is 0 Å². The molecule has 1 N–H and O–H groups in total. The van der Waals surface area contributed by atoms with E-state index in [-0.39, 0.29) is 12.8 Å². The van der Waals surface area contributed by atoms with E-state index in [0.717, 1.165) is 6.42 Å². The number of carboxylic acid groups (broad SMARTS) is 1. The molecule has 0 bridgehead atoms. The lowest BCUT2D eigenvalue weighted by Crippen LogP contribution is -1.93. The molecule has 0 saturated carbocycles. The second kappa shape index (κ2) is 16.5. The van der Waals surface area contributed by atoms with E-state index in [1.807, 2.05) is 0 Å². The fraction of sp³-hybridized carbons (Fsp3) is 0.944. The fourth-order valence-electron chi connectivity index (χ4n) is 1.61. The van der Waals surface area contributed by atoms with Crippen LogP contribution in [0, 0.1) is 0 Å². The van der Waals surface area contributed by atoms with E-state index in [9.17, 15) is 4.79 Å². The molecular weight excluding hydrogens is 248 g/mol. The van der Waals surface area contributed by atoms with Crippen molar-refractivity contribution in [1.82, 2.24) is 0 Å². The Morgan fingerprint density at radius 2 is 1.30 bits per heavy atom. The summed E-state index contributed by atoms with van der Waals surface area (Å²) < 4.78 is 133. The van der Waals surface area contributed by atoms with Crippen LogP contribution in [0.2, 0.25) is 0 Å². The zero-order valence-corrected chi connectivity index (χ0v) is 11.7. The van der Waals surface area contributed by atoms with E-state index in [4.69, 9.17) is 28.4 Å². The first-order chi connectivity index (χ1) is 16.2. The molecule has 0 fully saturated rings. The molecule has 2 heteroatoms. The normalized spacial score (nSPS) is 29.1. The summed E-state index contributed by atoms with van der Waals surface area (Å²) in [6, 6.07) is 0. The van der Waals surface area contributed by atoms with Gasteiger partial charge in [0.1, 0.15) is 0 Å². The summed E-state index contributed by atoms with van der Waals surface area (Å²) in [5.41, 5.74) is 0. The first kappa shape index (κ1) is 5.28. The molecule has 0 saturated heterocycles. The minimum absolute atomic E-state index is 0.0606. The molecular formula is C18H36O2. The van der Waals surface area contributed by atoms with Crippen molar-refractivity contribution < 1.29 is 33.2 Å². The van der Waals surface area contributed by atoms with Crippen molar-refractivity contribution >= 4 is 5.97 Å². The van der Waals surface area contributed by atoms with Crippen LogP contribution in [0.15, 0.2) is 0 Å². The molecule has 0 unspecified atom stereocenters. The minimum atomic E-state index is -4.26. The average Bonchev–Trinajstić information content (AvgIpc) is 2.70. The molecule has 0 aromatic carbocycles. The van der Waals surface area contributed by atoms with Crippen LogP contribution in [0.4, 0.5) is 0 Å². The molecule has 0 spiro atoms. The Morgan fingerprint density at radius 3 is 1.90 bits per heavy atom. The van der Waals surface area contributed by atoms with Crippen LogP contribution in [-0.4, -0.2) is 11.1 Å². The zero-order chi connectivity index (χ0) is 29.9. The van der Waals surface area contributed by atoms with Crippen molar-refractivity contribution in [3.8, 4) is 0 Å². The average molecular weight is 302 g/mol. The Bertz CT molecular complexity index is 758. The molecule has 0 aliphatic rings.